The van der Waals surface area contributed by atoms with Crippen molar-refractivity contribution in [2.75, 3.05) is 48.2 Å². The Hall–Kier alpha value is -6.39. The average Bonchev–Trinajstić information content (AvgIpc) is 3.90. The summed E-state index contributed by atoms with van der Waals surface area (Å²) in [5.41, 5.74) is 2.64. The van der Waals surface area contributed by atoms with Crippen molar-refractivity contribution in [3.63, 3.8) is 0 Å². The summed E-state index contributed by atoms with van der Waals surface area (Å²) >= 11 is 0. The van der Waals surface area contributed by atoms with E-state index < -0.39 is 42.2 Å². The van der Waals surface area contributed by atoms with Crippen LogP contribution in [0.15, 0.2) is 121 Å². The molecule has 2 spiro atoms. The summed E-state index contributed by atoms with van der Waals surface area (Å²) in [4.78, 5) is 64.7. The molecule has 3 amide bonds. The molecule has 0 unspecified atom stereocenters. The molecule has 10 rings (SSSR count). The van der Waals surface area contributed by atoms with Crippen molar-refractivity contribution in [2.24, 2.45) is 5.92 Å². The summed E-state index contributed by atoms with van der Waals surface area (Å²) < 4.78 is 12.8. The van der Waals surface area contributed by atoms with Gasteiger partial charge in [-0.25, -0.2) is 0 Å². The standard InChI is InChI=1S/C53H58N6O8Si/c1-35-49(68(3,4)44-20-18-43(66-2)19-21-44)47(30-48(61)55-32-38-13-9-8-12-37(38)28-42(55)33-60)67-53(35)45-29-41(59(64)65)17-22-46(45)56(51(53)63)31-36-11-10-16-40(27-36)57-34-58(39-14-6-5-7-15-39)52(50(57)62)23-25-54-26-24-52/h5-22,27,29,35,42,47,49,54,60H,23-26,28,30-34H2,1-4H3/t35-,42-,47+,49-,53+/m0/s1. The molecule has 0 aliphatic carbocycles. The number of nitrogens with zero attached hydrogens (tertiary/aromatic N) is 5. The lowest BCUT2D eigenvalue weighted by Crippen LogP contribution is -2.55. The molecule has 0 saturated carbocycles. The first-order valence-electron chi connectivity index (χ1n) is 23.7. The third-order valence-corrected chi connectivity index (χ3v) is 20.2. The molecule has 0 bridgehead atoms. The summed E-state index contributed by atoms with van der Waals surface area (Å²) in [7, 11) is -1.09. The Kier molecular flexibility index (Phi) is 11.7. The van der Waals surface area contributed by atoms with E-state index in [1.54, 1.807) is 23.0 Å². The zero-order valence-corrected chi connectivity index (χ0v) is 40.0. The van der Waals surface area contributed by atoms with E-state index in [9.17, 15) is 24.8 Å². The molecule has 5 aliphatic heterocycles. The number of nitro benzene ring substituents is 1. The summed E-state index contributed by atoms with van der Waals surface area (Å²) in [5.74, 6) is -0.331. The molecule has 0 aromatic heterocycles. The van der Waals surface area contributed by atoms with Crippen molar-refractivity contribution < 1.29 is 33.9 Å². The van der Waals surface area contributed by atoms with Crippen molar-refractivity contribution in [2.45, 2.75) is 87.6 Å². The van der Waals surface area contributed by atoms with Crippen LogP contribution < -0.4 is 29.9 Å². The van der Waals surface area contributed by atoms with Crippen LogP contribution in [0.25, 0.3) is 0 Å². The number of carbonyl (C=O) groups excluding carboxylic acids is 3. The van der Waals surface area contributed by atoms with Crippen LogP contribution in [-0.4, -0.2) is 91.9 Å². The second kappa shape index (κ2) is 17.6. The minimum absolute atomic E-state index is 0.0383. The maximum absolute atomic E-state index is 15.8. The number of piperidine rings is 1. The molecule has 3 fully saturated rings. The average molecular weight is 935 g/mol. The highest BCUT2D eigenvalue weighted by atomic mass is 28.3. The van der Waals surface area contributed by atoms with E-state index >= 15 is 4.79 Å². The van der Waals surface area contributed by atoms with Crippen LogP contribution in [0.1, 0.15) is 48.4 Å². The Labute approximate surface area is 397 Å². The van der Waals surface area contributed by atoms with Crippen LogP contribution in [0.4, 0.5) is 22.7 Å². The summed E-state index contributed by atoms with van der Waals surface area (Å²) in [6.45, 7) is 8.52. The quantitative estimate of drug-likeness (QED) is 0.0837. The molecule has 5 aromatic rings. The highest BCUT2D eigenvalue weighted by Gasteiger charge is 2.67. The Morgan fingerprint density at radius 2 is 1.60 bits per heavy atom. The Bertz CT molecular complexity index is 2770. The van der Waals surface area contributed by atoms with Crippen molar-refractivity contribution in [3.8, 4) is 5.75 Å². The van der Waals surface area contributed by atoms with E-state index in [0.29, 0.717) is 55.2 Å². The summed E-state index contributed by atoms with van der Waals surface area (Å²) in [6.07, 6.45) is 1.04. The van der Waals surface area contributed by atoms with E-state index in [0.717, 1.165) is 40.7 Å². The van der Waals surface area contributed by atoms with Crippen LogP contribution in [-0.2, 0) is 44.2 Å². The number of hydrogen-bond donors (Lipinski definition) is 2. The van der Waals surface area contributed by atoms with Crippen molar-refractivity contribution in [1.82, 2.24) is 10.2 Å². The second-order valence-electron chi connectivity index (χ2n) is 19.6. The third kappa shape index (κ3) is 7.38. The number of benzene rings is 5. The van der Waals surface area contributed by atoms with Crippen LogP contribution in [0.2, 0.25) is 18.6 Å². The Morgan fingerprint density at radius 3 is 2.31 bits per heavy atom. The molecule has 68 heavy (non-hydrogen) atoms. The van der Waals surface area contributed by atoms with Gasteiger partial charge in [0.1, 0.15) is 11.3 Å². The lowest BCUT2D eigenvalue weighted by atomic mass is 9.82. The van der Waals surface area contributed by atoms with E-state index in [1.165, 1.54) is 12.1 Å². The second-order valence-corrected chi connectivity index (χ2v) is 24.3. The van der Waals surface area contributed by atoms with Gasteiger partial charge in [0, 0.05) is 41.5 Å². The fourth-order valence-electron chi connectivity index (χ4n) is 12.3. The summed E-state index contributed by atoms with van der Waals surface area (Å²) in [5, 5.41) is 27.6. The van der Waals surface area contributed by atoms with Gasteiger partial charge in [0.25, 0.3) is 17.5 Å². The first-order chi connectivity index (χ1) is 32.8. The predicted octanol–water partition coefficient (Wildman–Crippen LogP) is 6.64. The van der Waals surface area contributed by atoms with Crippen LogP contribution in [0.5, 0.6) is 5.75 Å². The molecule has 5 atom stereocenters. The number of hydrogen-bond acceptors (Lipinski definition) is 10. The molecule has 3 saturated heterocycles. The Morgan fingerprint density at radius 1 is 0.897 bits per heavy atom. The molecule has 0 radical (unpaired) electrons. The van der Waals surface area contributed by atoms with Crippen molar-refractivity contribution >= 4 is 53.7 Å². The number of carbonyl (C=O) groups is 3. The van der Waals surface area contributed by atoms with Gasteiger partial charge in [-0.05, 0) is 97.0 Å². The summed E-state index contributed by atoms with van der Waals surface area (Å²) in [6, 6.07) is 37.8. The SMILES string of the molecule is COc1ccc([Si](C)(C)[C@@H]2[C@@H](CC(=O)N3Cc4ccccc4C[C@H]3CO)O[C@]3(C(=O)N(Cc4cccc(N5CN(c6ccccc6)C6(CCNCC6)C5=O)c4)c4ccc([N+](=O)[O-])cc43)[C@H]2C)cc1. The van der Waals surface area contributed by atoms with Gasteiger partial charge in [0.2, 0.25) is 5.91 Å². The number of aliphatic hydroxyl groups excluding tert-OH is 1. The monoisotopic (exact) mass is 934 g/mol. The molecule has 14 nitrogen and oxygen atoms in total. The van der Waals surface area contributed by atoms with Crippen LogP contribution in [0, 0.1) is 16.0 Å². The number of amides is 3. The van der Waals surface area contributed by atoms with Gasteiger partial charge in [-0.2, -0.15) is 0 Å². The zero-order valence-electron chi connectivity index (χ0n) is 39.0. The molecular weight excluding hydrogens is 877 g/mol. The zero-order chi connectivity index (χ0) is 47.5. The number of fused-ring (bicyclic) bond motifs is 3. The number of rotatable bonds is 11. The van der Waals surface area contributed by atoms with Gasteiger partial charge >= 0.3 is 0 Å². The molecule has 5 heterocycles. The highest BCUT2D eigenvalue weighted by molar-refractivity contribution is 6.91. The topological polar surface area (TPSA) is 158 Å². The number of nitro groups is 1. The molecule has 5 aromatic carbocycles. The van der Waals surface area contributed by atoms with E-state index in [1.807, 2.05) is 103 Å². The van der Waals surface area contributed by atoms with Crippen molar-refractivity contribution in [3.05, 3.63) is 154 Å². The lowest BCUT2D eigenvalue weighted by Gasteiger charge is -2.39. The highest BCUT2D eigenvalue weighted by Crippen LogP contribution is 2.61. The number of aliphatic hydroxyl groups is 1. The third-order valence-electron chi connectivity index (χ3n) is 15.8. The number of nitrogens with one attached hydrogen (secondary N) is 1. The maximum atomic E-state index is 15.8. The fourth-order valence-corrected chi connectivity index (χ4v) is 16.3. The first kappa shape index (κ1) is 45.4. The van der Waals surface area contributed by atoms with Gasteiger partial charge in [-0.3, -0.25) is 29.4 Å². The predicted molar refractivity (Wildman–Crippen MR) is 263 cm³/mol. The van der Waals surface area contributed by atoms with Gasteiger partial charge in [0.15, 0.2) is 5.60 Å². The van der Waals surface area contributed by atoms with Gasteiger partial charge < -0.3 is 34.6 Å². The molecular formula is C53H58N6O8Si. The normalized spacial score (nSPS) is 24.2. The molecule has 352 valence electrons. The lowest BCUT2D eigenvalue weighted by molar-refractivity contribution is -0.385. The number of para-hydroxylation sites is 1. The van der Waals surface area contributed by atoms with E-state index in [-0.39, 0.29) is 48.5 Å². The maximum Gasteiger partial charge on any atom is 0.269 e. The number of methoxy groups -OCH3 is 1. The number of ether oxygens (including phenoxy) is 2. The Balaban J connectivity index is 1.02. The largest absolute Gasteiger partial charge is 0.497 e. The number of non-ortho nitro benzene ring substituents is 1. The van der Waals surface area contributed by atoms with Gasteiger partial charge in [0.05, 0.1) is 64.2 Å². The smallest absolute Gasteiger partial charge is 0.269 e. The molecule has 15 heteroatoms. The van der Waals surface area contributed by atoms with E-state index in [2.05, 4.69) is 35.4 Å². The first-order valence-corrected chi connectivity index (χ1v) is 26.7. The fraction of sp³-hybridized carbons (Fsp3) is 0.377. The van der Waals surface area contributed by atoms with Crippen LogP contribution >= 0.6 is 0 Å². The van der Waals surface area contributed by atoms with Crippen LogP contribution in [0.3, 0.4) is 0 Å². The van der Waals surface area contributed by atoms with Gasteiger partial charge in [-0.15, -0.1) is 0 Å². The van der Waals surface area contributed by atoms with Gasteiger partial charge in [-0.1, -0.05) is 91.9 Å². The van der Waals surface area contributed by atoms with Crippen molar-refractivity contribution in [1.29, 1.82) is 0 Å². The van der Waals surface area contributed by atoms with E-state index in [4.69, 9.17) is 9.47 Å². The minimum atomic E-state index is -2.71. The molecule has 5 aliphatic rings. The minimum Gasteiger partial charge on any atom is -0.497 e. The number of anilines is 3. The molecule has 2 N–H and O–H groups in total.